The van der Waals surface area contributed by atoms with Crippen molar-refractivity contribution in [3.05, 3.63) is 32.8 Å². The number of rotatable bonds is 3. The third-order valence-corrected chi connectivity index (χ3v) is 4.07. The summed E-state index contributed by atoms with van der Waals surface area (Å²) >= 11 is 3.25. The number of hydrogen-bond donors (Lipinski definition) is 0. The Hall–Kier alpha value is -1.43. The van der Waals surface area contributed by atoms with Gasteiger partial charge in [-0.2, -0.15) is 0 Å². The number of nitro benzene ring substituents is 1. The number of Topliss-reactive ketones (excluding diaryl/α,β-unsaturated/α-hetero) is 1. The van der Waals surface area contributed by atoms with Gasteiger partial charge >= 0.3 is 0 Å². The molecule has 0 heterocycles. The first kappa shape index (κ1) is 14.0. The molecule has 1 aliphatic carbocycles. The smallest absolute Gasteiger partial charge is 0.293 e. The molecule has 2 rings (SSSR count). The van der Waals surface area contributed by atoms with Crippen LogP contribution < -0.4 is 4.90 Å². The highest BCUT2D eigenvalue weighted by molar-refractivity contribution is 9.10. The molecule has 0 unspecified atom stereocenters. The number of nitrogens with zero attached hydrogens (tertiary/aromatic N) is 2. The normalized spacial score (nSPS) is 16.4. The lowest BCUT2D eigenvalue weighted by Gasteiger charge is -2.32. The minimum atomic E-state index is -0.370. The van der Waals surface area contributed by atoms with E-state index in [0.29, 0.717) is 23.0 Å². The molecule has 6 heteroatoms. The van der Waals surface area contributed by atoms with E-state index in [4.69, 9.17) is 0 Å². The average molecular weight is 327 g/mol. The predicted molar refractivity (Wildman–Crippen MR) is 76.5 cm³/mol. The molecular weight excluding hydrogens is 312 g/mol. The molecule has 1 aromatic carbocycles. The number of benzene rings is 1. The van der Waals surface area contributed by atoms with Gasteiger partial charge in [-0.15, -0.1) is 0 Å². The van der Waals surface area contributed by atoms with Crippen LogP contribution >= 0.6 is 15.9 Å². The van der Waals surface area contributed by atoms with E-state index in [1.54, 1.807) is 12.1 Å². The van der Waals surface area contributed by atoms with Gasteiger partial charge in [0.25, 0.3) is 5.69 Å². The predicted octanol–water partition coefficient (Wildman–Crippen LogP) is 3.31. The molecule has 0 aliphatic heterocycles. The molecule has 5 nitrogen and oxygen atoms in total. The largest absolute Gasteiger partial charge is 0.366 e. The van der Waals surface area contributed by atoms with Gasteiger partial charge in [-0.25, -0.2) is 0 Å². The van der Waals surface area contributed by atoms with Gasteiger partial charge in [-0.3, -0.25) is 14.9 Å². The highest BCUT2D eigenvalue weighted by Gasteiger charge is 2.26. The molecule has 19 heavy (non-hydrogen) atoms. The van der Waals surface area contributed by atoms with Crippen LogP contribution in [-0.4, -0.2) is 23.8 Å². The van der Waals surface area contributed by atoms with Crippen molar-refractivity contribution >= 4 is 33.1 Å². The third kappa shape index (κ3) is 3.12. The molecular formula is C13H15BrN2O3. The van der Waals surface area contributed by atoms with Crippen molar-refractivity contribution in [3.8, 4) is 0 Å². The fourth-order valence-electron chi connectivity index (χ4n) is 2.45. The maximum Gasteiger partial charge on any atom is 0.293 e. The van der Waals surface area contributed by atoms with E-state index in [1.165, 1.54) is 6.07 Å². The maximum atomic E-state index is 11.3. The van der Waals surface area contributed by atoms with E-state index in [0.717, 1.165) is 12.8 Å². The minimum Gasteiger partial charge on any atom is -0.366 e. The van der Waals surface area contributed by atoms with Gasteiger partial charge in [-0.1, -0.05) is 15.9 Å². The molecule has 0 bridgehead atoms. The first-order chi connectivity index (χ1) is 8.99. The second kappa shape index (κ2) is 5.69. The molecule has 0 amide bonds. The van der Waals surface area contributed by atoms with Crippen molar-refractivity contribution in [2.24, 2.45) is 0 Å². The van der Waals surface area contributed by atoms with Gasteiger partial charge < -0.3 is 4.90 Å². The minimum absolute atomic E-state index is 0.0915. The highest BCUT2D eigenvalue weighted by Crippen LogP contribution is 2.33. The summed E-state index contributed by atoms with van der Waals surface area (Å²) in [6.45, 7) is 0. The standard InChI is InChI=1S/C13H15BrN2O3/c1-15(10-3-5-11(17)6-4-10)12-7-2-9(14)8-13(12)16(18)19/h2,7-8,10H,3-6H2,1H3. The Morgan fingerprint density at radius 3 is 2.58 bits per heavy atom. The van der Waals surface area contributed by atoms with E-state index in [2.05, 4.69) is 15.9 Å². The molecule has 1 fully saturated rings. The number of carbonyl (C=O) groups is 1. The molecule has 102 valence electrons. The molecule has 0 aromatic heterocycles. The third-order valence-electron chi connectivity index (χ3n) is 3.57. The van der Waals surface area contributed by atoms with Crippen molar-refractivity contribution in [2.75, 3.05) is 11.9 Å². The summed E-state index contributed by atoms with van der Waals surface area (Å²) in [5.74, 6) is 0.287. The number of nitro groups is 1. The molecule has 0 atom stereocenters. The first-order valence-electron chi connectivity index (χ1n) is 6.17. The van der Waals surface area contributed by atoms with Gasteiger partial charge in [0.15, 0.2) is 0 Å². The lowest BCUT2D eigenvalue weighted by molar-refractivity contribution is -0.384. The average Bonchev–Trinajstić information content (AvgIpc) is 2.38. The summed E-state index contributed by atoms with van der Waals surface area (Å²) < 4.78 is 0.690. The van der Waals surface area contributed by atoms with Crippen LogP contribution in [0.1, 0.15) is 25.7 Å². The monoisotopic (exact) mass is 326 g/mol. The molecule has 0 spiro atoms. The number of hydrogen-bond acceptors (Lipinski definition) is 4. The lowest BCUT2D eigenvalue weighted by Crippen LogP contribution is -2.35. The van der Waals surface area contributed by atoms with E-state index in [1.807, 2.05) is 11.9 Å². The second-order valence-electron chi connectivity index (χ2n) is 4.77. The fourth-order valence-corrected chi connectivity index (χ4v) is 2.80. The van der Waals surface area contributed by atoms with E-state index in [9.17, 15) is 14.9 Å². The fraction of sp³-hybridized carbons (Fsp3) is 0.462. The Morgan fingerprint density at radius 2 is 2.00 bits per heavy atom. The van der Waals surface area contributed by atoms with Crippen LogP contribution in [0, 0.1) is 10.1 Å². The summed E-state index contributed by atoms with van der Waals surface area (Å²) in [6.07, 6.45) is 2.67. The summed E-state index contributed by atoms with van der Waals surface area (Å²) in [4.78, 5) is 23.9. The Kier molecular flexibility index (Phi) is 4.19. The molecule has 1 saturated carbocycles. The van der Waals surface area contributed by atoms with E-state index < -0.39 is 0 Å². The Labute approximate surface area is 119 Å². The SMILES string of the molecule is CN(c1ccc(Br)cc1[N+](=O)[O-])C1CCC(=O)CC1. The van der Waals surface area contributed by atoms with Crippen molar-refractivity contribution in [2.45, 2.75) is 31.7 Å². The van der Waals surface area contributed by atoms with Gasteiger partial charge in [0.05, 0.1) is 4.92 Å². The summed E-state index contributed by atoms with van der Waals surface area (Å²) in [7, 11) is 1.86. The van der Waals surface area contributed by atoms with Crippen molar-refractivity contribution in [3.63, 3.8) is 0 Å². The number of anilines is 1. The second-order valence-corrected chi connectivity index (χ2v) is 5.69. The molecule has 0 N–H and O–H groups in total. The molecule has 1 aromatic rings. The Bertz CT molecular complexity index is 509. The Balaban J connectivity index is 2.25. The van der Waals surface area contributed by atoms with Crippen LogP contribution in [-0.2, 0) is 4.79 Å². The van der Waals surface area contributed by atoms with Gasteiger partial charge in [0, 0.05) is 36.5 Å². The quantitative estimate of drug-likeness (QED) is 0.631. The van der Waals surface area contributed by atoms with Crippen LogP contribution in [0.25, 0.3) is 0 Å². The van der Waals surface area contributed by atoms with Gasteiger partial charge in [0.2, 0.25) is 0 Å². The summed E-state index contributed by atoms with van der Waals surface area (Å²) in [6, 6.07) is 5.25. The van der Waals surface area contributed by atoms with Crippen LogP contribution in [0.3, 0.4) is 0 Å². The van der Waals surface area contributed by atoms with Gasteiger partial charge in [-0.05, 0) is 25.0 Å². The van der Waals surface area contributed by atoms with E-state index in [-0.39, 0.29) is 22.4 Å². The van der Waals surface area contributed by atoms with E-state index >= 15 is 0 Å². The van der Waals surface area contributed by atoms with Crippen LogP contribution in [0.15, 0.2) is 22.7 Å². The lowest BCUT2D eigenvalue weighted by atomic mass is 9.93. The number of ketones is 1. The Morgan fingerprint density at radius 1 is 1.37 bits per heavy atom. The number of carbonyl (C=O) groups excluding carboxylic acids is 1. The molecule has 0 saturated heterocycles. The van der Waals surface area contributed by atoms with Crippen molar-refractivity contribution in [1.29, 1.82) is 0 Å². The van der Waals surface area contributed by atoms with Crippen LogP contribution in [0.4, 0.5) is 11.4 Å². The highest BCUT2D eigenvalue weighted by atomic mass is 79.9. The zero-order valence-electron chi connectivity index (χ0n) is 10.6. The zero-order chi connectivity index (χ0) is 14.0. The topological polar surface area (TPSA) is 63.4 Å². The first-order valence-corrected chi connectivity index (χ1v) is 6.97. The van der Waals surface area contributed by atoms with Crippen LogP contribution in [0.5, 0.6) is 0 Å². The zero-order valence-corrected chi connectivity index (χ0v) is 12.2. The molecule has 1 aliphatic rings. The summed E-state index contributed by atoms with van der Waals surface area (Å²) in [5, 5.41) is 11.1. The van der Waals surface area contributed by atoms with Crippen LogP contribution in [0.2, 0.25) is 0 Å². The number of halogens is 1. The van der Waals surface area contributed by atoms with Crippen molar-refractivity contribution in [1.82, 2.24) is 0 Å². The molecule has 0 radical (unpaired) electrons. The summed E-state index contributed by atoms with van der Waals surface area (Å²) in [5.41, 5.74) is 0.696. The maximum absolute atomic E-state index is 11.3. The van der Waals surface area contributed by atoms with Crippen molar-refractivity contribution < 1.29 is 9.72 Å². The van der Waals surface area contributed by atoms with Gasteiger partial charge in [0.1, 0.15) is 11.5 Å².